The number of aromatic nitrogens is 1. The molecule has 1 aliphatic rings. The van der Waals surface area contributed by atoms with Gasteiger partial charge in [0.2, 0.25) is 5.91 Å². The van der Waals surface area contributed by atoms with Gasteiger partial charge in [0.1, 0.15) is 0 Å². The monoisotopic (exact) mass is 340 g/mol. The van der Waals surface area contributed by atoms with Gasteiger partial charge in [-0.1, -0.05) is 38.3 Å². The van der Waals surface area contributed by atoms with Gasteiger partial charge in [-0.15, -0.1) is 0 Å². The van der Waals surface area contributed by atoms with Crippen LogP contribution < -0.4 is 5.56 Å². The number of nitrogens with zero attached hydrogens (tertiary/aromatic N) is 1. The van der Waals surface area contributed by atoms with Crippen molar-refractivity contribution in [1.29, 1.82) is 0 Å². The van der Waals surface area contributed by atoms with Crippen LogP contribution in [0.4, 0.5) is 0 Å². The van der Waals surface area contributed by atoms with Crippen molar-refractivity contribution in [2.45, 2.75) is 71.4 Å². The molecule has 25 heavy (non-hydrogen) atoms. The maximum absolute atomic E-state index is 12.7. The molecule has 4 nitrogen and oxygen atoms in total. The van der Waals surface area contributed by atoms with Crippen molar-refractivity contribution in [2.24, 2.45) is 0 Å². The highest BCUT2D eigenvalue weighted by Gasteiger charge is 2.25. The maximum Gasteiger partial charge on any atom is 0.253 e. The minimum atomic E-state index is -0.0804. The number of rotatable bonds is 5. The summed E-state index contributed by atoms with van der Waals surface area (Å²) in [4.78, 5) is 30.2. The summed E-state index contributed by atoms with van der Waals surface area (Å²) in [6.45, 7) is 4.46. The Kier molecular flexibility index (Phi) is 5.57. The van der Waals surface area contributed by atoms with E-state index >= 15 is 0 Å². The molecule has 0 saturated heterocycles. The van der Waals surface area contributed by atoms with E-state index in [1.807, 2.05) is 43.0 Å². The molecule has 4 heteroatoms. The quantitative estimate of drug-likeness (QED) is 0.882. The molecule has 0 atom stereocenters. The summed E-state index contributed by atoms with van der Waals surface area (Å²) in [5.41, 5.74) is 2.59. The molecule has 0 aliphatic heterocycles. The molecule has 1 heterocycles. The number of pyridine rings is 1. The third-order valence-electron chi connectivity index (χ3n) is 5.22. The summed E-state index contributed by atoms with van der Waals surface area (Å²) in [7, 11) is 0. The van der Waals surface area contributed by atoms with Crippen molar-refractivity contribution in [3.63, 3.8) is 0 Å². The fraction of sp³-hybridized carbons (Fsp3) is 0.524. The molecular formula is C21H28N2O2. The van der Waals surface area contributed by atoms with Crippen LogP contribution in [0.5, 0.6) is 0 Å². The minimum Gasteiger partial charge on any atom is -0.335 e. The van der Waals surface area contributed by atoms with Crippen LogP contribution in [0.2, 0.25) is 0 Å². The SMILES string of the molecule is CCCC(=O)N(Cc1cc2ccc(C)cc2[nH]c1=O)C1CCCCC1. The number of amides is 1. The number of H-pyrrole nitrogens is 1. The molecule has 0 unspecified atom stereocenters. The summed E-state index contributed by atoms with van der Waals surface area (Å²) in [6.07, 6.45) is 7.11. The highest BCUT2D eigenvalue weighted by atomic mass is 16.2. The van der Waals surface area contributed by atoms with Crippen LogP contribution in [0.25, 0.3) is 10.9 Å². The second-order valence-electron chi connectivity index (χ2n) is 7.28. The highest BCUT2D eigenvalue weighted by Crippen LogP contribution is 2.25. The second kappa shape index (κ2) is 7.85. The first-order valence-electron chi connectivity index (χ1n) is 9.50. The first kappa shape index (κ1) is 17.7. The van der Waals surface area contributed by atoms with Crippen molar-refractivity contribution in [1.82, 2.24) is 9.88 Å². The van der Waals surface area contributed by atoms with Crippen LogP contribution in [0.1, 0.15) is 63.0 Å². The first-order chi connectivity index (χ1) is 12.1. The highest BCUT2D eigenvalue weighted by molar-refractivity contribution is 5.80. The number of aryl methyl sites for hydroxylation is 1. The van der Waals surface area contributed by atoms with Crippen molar-refractivity contribution < 1.29 is 4.79 Å². The summed E-state index contributed by atoms with van der Waals surface area (Å²) in [6, 6.07) is 8.29. The molecule has 1 N–H and O–H groups in total. The van der Waals surface area contributed by atoms with Gasteiger partial charge in [-0.2, -0.15) is 0 Å². The third kappa shape index (κ3) is 4.12. The van der Waals surface area contributed by atoms with E-state index in [4.69, 9.17) is 0 Å². The predicted molar refractivity (Wildman–Crippen MR) is 102 cm³/mol. The molecule has 0 bridgehead atoms. The van der Waals surface area contributed by atoms with Crippen LogP contribution in [-0.2, 0) is 11.3 Å². The molecule has 1 amide bonds. The topological polar surface area (TPSA) is 53.2 Å². The number of hydrogen-bond acceptors (Lipinski definition) is 2. The Morgan fingerprint density at radius 2 is 1.96 bits per heavy atom. The standard InChI is InChI=1S/C21H28N2O2/c1-3-7-20(24)23(18-8-5-4-6-9-18)14-17-13-16-11-10-15(2)12-19(16)22-21(17)25/h10-13,18H,3-9,14H2,1-2H3,(H,22,25). The van der Waals surface area contributed by atoms with Gasteiger partial charge < -0.3 is 9.88 Å². The van der Waals surface area contributed by atoms with Gasteiger partial charge in [0.25, 0.3) is 5.56 Å². The average Bonchev–Trinajstić information content (AvgIpc) is 2.61. The molecule has 1 fully saturated rings. The van der Waals surface area contributed by atoms with Crippen molar-refractivity contribution in [3.8, 4) is 0 Å². The summed E-state index contributed by atoms with van der Waals surface area (Å²) in [5.74, 6) is 0.179. The van der Waals surface area contributed by atoms with Crippen LogP contribution in [0, 0.1) is 6.92 Å². The number of hydrogen-bond donors (Lipinski definition) is 1. The zero-order chi connectivity index (χ0) is 17.8. The second-order valence-corrected chi connectivity index (χ2v) is 7.28. The Hall–Kier alpha value is -2.10. The molecule has 3 rings (SSSR count). The van der Waals surface area contributed by atoms with E-state index in [1.165, 1.54) is 19.3 Å². The van der Waals surface area contributed by atoms with E-state index in [0.29, 0.717) is 18.5 Å². The smallest absolute Gasteiger partial charge is 0.253 e. The summed E-state index contributed by atoms with van der Waals surface area (Å²) in [5, 5.41) is 1.02. The van der Waals surface area contributed by atoms with Crippen molar-refractivity contribution in [3.05, 3.63) is 45.7 Å². The molecule has 1 aromatic carbocycles. The van der Waals surface area contributed by atoms with Gasteiger partial charge in [0.05, 0.1) is 6.54 Å². The largest absolute Gasteiger partial charge is 0.335 e. The van der Waals surface area contributed by atoms with Gasteiger partial charge in [0.15, 0.2) is 0 Å². The molecule has 2 aromatic rings. The summed E-state index contributed by atoms with van der Waals surface area (Å²) >= 11 is 0. The average molecular weight is 340 g/mol. The molecule has 134 valence electrons. The zero-order valence-corrected chi connectivity index (χ0v) is 15.3. The number of aromatic amines is 1. The summed E-state index contributed by atoms with van der Waals surface area (Å²) < 4.78 is 0. The minimum absolute atomic E-state index is 0.0804. The number of fused-ring (bicyclic) bond motifs is 1. The van der Waals surface area contributed by atoms with Gasteiger partial charge in [-0.05, 0) is 49.3 Å². The van der Waals surface area contributed by atoms with E-state index in [0.717, 1.165) is 35.7 Å². The fourth-order valence-electron chi connectivity index (χ4n) is 3.83. The van der Waals surface area contributed by atoms with Crippen LogP contribution >= 0.6 is 0 Å². The maximum atomic E-state index is 12.7. The van der Waals surface area contributed by atoms with Gasteiger partial charge >= 0.3 is 0 Å². The molecular weight excluding hydrogens is 312 g/mol. The third-order valence-corrected chi connectivity index (χ3v) is 5.22. The van der Waals surface area contributed by atoms with E-state index in [1.54, 1.807) is 0 Å². The number of nitrogens with one attached hydrogen (secondary N) is 1. The molecule has 0 radical (unpaired) electrons. The van der Waals surface area contributed by atoms with Gasteiger partial charge in [-0.3, -0.25) is 9.59 Å². The van der Waals surface area contributed by atoms with Crippen LogP contribution in [0.15, 0.2) is 29.1 Å². The van der Waals surface area contributed by atoms with Crippen molar-refractivity contribution >= 4 is 16.8 Å². The lowest BCUT2D eigenvalue weighted by molar-refractivity contribution is -0.135. The lowest BCUT2D eigenvalue weighted by Gasteiger charge is -2.34. The fourth-order valence-corrected chi connectivity index (χ4v) is 3.83. The van der Waals surface area contributed by atoms with Crippen LogP contribution in [0.3, 0.4) is 0 Å². The number of carbonyl (C=O) groups is 1. The molecule has 1 aliphatic carbocycles. The first-order valence-corrected chi connectivity index (χ1v) is 9.50. The Labute approximate surface area is 149 Å². The normalized spacial score (nSPS) is 15.4. The van der Waals surface area contributed by atoms with Gasteiger partial charge in [0, 0.05) is 23.5 Å². The molecule has 1 aromatic heterocycles. The van der Waals surface area contributed by atoms with E-state index in [-0.39, 0.29) is 17.5 Å². The molecule has 1 saturated carbocycles. The zero-order valence-electron chi connectivity index (χ0n) is 15.3. The molecule has 0 spiro atoms. The number of carbonyl (C=O) groups excluding carboxylic acids is 1. The van der Waals surface area contributed by atoms with Gasteiger partial charge in [-0.25, -0.2) is 0 Å². The Bertz CT molecular complexity index is 803. The Morgan fingerprint density at radius 3 is 2.68 bits per heavy atom. The Morgan fingerprint density at radius 1 is 1.20 bits per heavy atom. The van der Waals surface area contributed by atoms with Crippen molar-refractivity contribution in [2.75, 3.05) is 0 Å². The van der Waals surface area contributed by atoms with E-state index in [2.05, 4.69) is 4.98 Å². The van der Waals surface area contributed by atoms with E-state index in [9.17, 15) is 9.59 Å². The van der Waals surface area contributed by atoms with E-state index < -0.39 is 0 Å². The van der Waals surface area contributed by atoms with Crippen LogP contribution in [-0.4, -0.2) is 21.8 Å². The lowest BCUT2D eigenvalue weighted by Crippen LogP contribution is -2.42. The predicted octanol–water partition coefficient (Wildman–Crippen LogP) is 4.30. The Balaban J connectivity index is 1.91. The lowest BCUT2D eigenvalue weighted by atomic mass is 9.93. The number of benzene rings is 1.